The molecular weight excluding hydrogens is 484 g/mol. The Morgan fingerprint density at radius 1 is 1.27 bits per heavy atom. The van der Waals surface area contributed by atoms with Crippen LogP contribution < -0.4 is 18.9 Å². The van der Waals surface area contributed by atoms with Crippen LogP contribution in [0.5, 0.6) is 23.0 Å². The zero-order chi connectivity index (χ0) is 24.0. The predicted molar refractivity (Wildman–Crippen MR) is 99.6 cm³/mol. The number of rotatable bonds is 6. The zero-order valence-electron chi connectivity index (χ0n) is 16.4. The molecule has 33 heavy (non-hydrogen) atoms. The van der Waals surface area contributed by atoms with Crippen LogP contribution in [0.2, 0.25) is 0 Å². The van der Waals surface area contributed by atoms with Gasteiger partial charge in [-0.3, -0.25) is 9.19 Å². The number of nitrogens with zero attached hydrogens (tertiary/aromatic N) is 2. The lowest BCUT2D eigenvalue weighted by Crippen LogP contribution is -2.43. The van der Waals surface area contributed by atoms with Gasteiger partial charge in [0, 0.05) is 24.4 Å². The lowest BCUT2D eigenvalue weighted by molar-refractivity contribution is -0.281. The summed E-state index contributed by atoms with van der Waals surface area (Å²) in [5.74, 6) is -1.59. The first-order chi connectivity index (χ1) is 15.5. The second-order valence-electron chi connectivity index (χ2n) is 6.64. The second kappa shape index (κ2) is 8.28. The molecule has 3 aromatic rings. The van der Waals surface area contributed by atoms with Gasteiger partial charge in [0.15, 0.2) is 34.8 Å². The van der Waals surface area contributed by atoms with Crippen LogP contribution in [-0.2, 0) is 16.6 Å². The van der Waals surface area contributed by atoms with Crippen molar-refractivity contribution in [2.45, 2.75) is 29.6 Å². The molecular formula is C18H13F6N3O5S. The van der Waals surface area contributed by atoms with E-state index in [1.807, 2.05) is 0 Å². The lowest BCUT2D eigenvalue weighted by Gasteiger charge is -2.28. The maximum absolute atomic E-state index is 13.4. The quantitative estimate of drug-likeness (QED) is 0.517. The van der Waals surface area contributed by atoms with Crippen molar-refractivity contribution in [1.82, 2.24) is 15.0 Å². The third-order valence-corrected chi connectivity index (χ3v) is 5.45. The van der Waals surface area contributed by atoms with Crippen molar-refractivity contribution in [1.29, 1.82) is 0 Å². The van der Waals surface area contributed by atoms with Crippen molar-refractivity contribution in [3.63, 3.8) is 0 Å². The first-order valence-electron chi connectivity index (χ1n) is 8.98. The number of fused-ring (bicyclic) bond motifs is 2. The van der Waals surface area contributed by atoms with Crippen molar-refractivity contribution in [2.75, 3.05) is 13.7 Å². The van der Waals surface area contributed by atoms with E-state index in [9.17, 15) is 30.6 Å². The number of hydrogen-bond donors (Lipinski definition) is 1. The Morgan fingerprint density at radius 3 is 2.73 bits per heavy atom. The fourth-order valence-corrected chi connectivity index (χ4v) is 3.90. The Kier molecular flexibility index (Phi) is 5.76. The molecule has 4 rings (SSSR count). The minimum atomic E-state index is -4.63. The molecule has 8 nitrogen and oxygen atoms in total. The number of alkyl halides is 6. The third-order valence-electron chi connectivity index (χ3n) is 4.29. The SMILES string of the molecule is COc1ccnc(CS(=O)c2nc3cc4c(cc3[nH]2)OC(F)(F)C(F)O4)c1OCC(F)(F)F. The van der Waals surface area contributed by atoms with E-state index >= 15 is 0 Å². The molecule has 0 bridgehead atoms. The largest absolute Gasteiger partial charge is 0.493 e. The number of pyridine rings is 1. The molecule has 3 heterocycles. The van der Waals surface area contributed by atoms with Gasteiger partial charge in [0.2, 0.25) is 0 Å². The lowest BCUT2D eigenvalue weighted by atomic mass is 10.2. The number of imidazole rings is 1. The Balaban J connectivity index is 1.61. The molecule has 1 aromatic carbocycles. The number of H-pyrrole nitrogens is 1. The fourth-order valence-electron chi connectivity index (χ4n) is 2.88. The minimum Gasteiger partial charge on any atom is -0.493 e. The van der Waals surface area contributed by atoms with Gasteiger partial charge >= 0.3 is 18.6 Å². The number of halogens is 6. The van der Waals surface area contributed by atoms with Gasteiger partial charge in [-0.2, -0.15) is 26.3 Å². The maximum atomic E-state index is 13.4. The van der Waals surface area contributed by atoms with Gasteiger partial charge in [0.1, 0.15) is 0 Å². The van der Waals surface area contributed by atoms with E-state index in [1.54, 1.807) is 0 Å². The van der Waals surface area contributed by atoms with E-state index < -0.39 is 47.6 Å². The molecule has 0 radical (unpaired) electrons. The summed E-state index contributed by atoms with van der Waals surface area (Å²) in [7, 11) is -0.770. The van der Waals surface area contributed by atoms with E-state index in [0.717, 1.165) is 12.1 Å². The molecule has 178 valence electrons. The highest BCUT2D eigenvalue weighted by atomic mass is 32.2. The number of benzene rings is 1. The number of hydrogen-bond acceptors (Lipinski definition) is 7. The summed E-state index contributed by atoms with van der Waals surface area (Å²) < 4.78 is 109. The zero-order valence-corrected chi connectivity index (χ0v) is 17.2. The van der Waals surface area contributed by atoms with E-state index in [1.165, 1.54) is 19.4 Å². The summed E-state index contributed by atoms with van der Waals surface area (Å²) in [5, 5.41) is -0.151. The highest BCUT2D eigenvalue weighted by Gasteiger charge is 2.49. The molecule has 0 aliphatic carbocycles. The maximum Gasteiger partial charge on any atom is 0.468 e. The van der Waals surface area contributed by atoms with Gasteiger partial charge < -0.3 is 23.9 Å². The Bertz CT molecular complexity index is 1220. The van der Waals surface area contributed by atoms with Crippen LogP contribution in [0.15, 0.2) is 29.6 Å². The van der Waals surface area contributed by atoms with Gasteiger partial charge in [0.25, 0.3) is 0 Å². The summed E-state index contributed by atoms with van der Waals surface area (Å²) in [6, 6.07) is 3.46. The van der Waals surface area contributed by atoms with E-state index in [0.29, 0.717) is 0 Å². The summed E-state index contributed by atoms with van der Waals surface area (Å²) in [6.07, 6.45) is -10.6. The third kappa shape index (κ3) is 4.77. The smallest absolute Gasteiger partial charge is 0.468 e. The number of methoxy groups -OCH3 is 1. The van der Waals surface area contributed by atoms with Crippen LogP contribution in [0.3, 0.4) is 0 Å². The van der Waals surface area contributed by atoms with Crippen molar-refractivity contribution in [3.8, 4) is 23.0 Å². The topological polar surface area (TPSA) is 95.6 Å². The van der Waals surface area contributed by atoms with Gasteiger partial charge in [-0.25, -0.2) is 4.98 Å². The molecule has 15 heteroatoms. The Labute approximate surface area is 183 Å². The molecule has 1 N–H and O–H groups in total. The molecule has 1 aliphatic heterocycles. The molecule has 2 atom stereocenters. The van der Waals surface area contributed by atoms with Crippen LogP contribution >= 0.6 is 0 Å². The van der Waals surface area contributed by atoms with Gasteiger partial charge in [-0.1, -0.05) is 0 Å². The number of nitrogens with one attached hydrogen (secondary N) is 1. The van der Waals surface area contributed by atoms with E-state index in [2.05, 4.69) is 24.4 Å². The summed E-state index contributed by atoms with van der Waals surface area (Å²) in [6.45, 7) is -1.62. The van der Waals surface area contributed by atoms with E-state index in [-0.39, 0.29) is 39.1 Å². The second-order valence-corrected chi connectivity index (χ2v) is 8.00. The highest BCUT2D eigenvalue weighted by molar-refractivity contribution is 7.84. The Hall–Kier alpha value is -3.23. The number of ether oxygens (including phenoxy) is 4. The highest BCUT2D eigenvalue weighted by Crippen LogP contribution is 2.42. The van der Waals surface area contributed by atoms with Crippen LogP contribution in [0, 0.1) is 0 Å². The standard InChI is InChI=1S/C18H13F6N3O5S/c1-29-11-2-3-25-10(14(11)30-7-17(20,21)22)6-33(28)16-26-8-4-12-13(5-9(8)27-16)32-18(23,24)15(19)31-12/h2-5,15H,6-7H2,1H3,(H,26,27). The average Bonchev–Trinajstić information content (AvgIpc) is 3.14. The molecule has 0 fully saturated rings. The van der Waals surface area contributed by atoms with E-state index in [4.69, 9.17) is 9.47 Å². The van der Waals surface area contributed by atoms with Crippen LogP contribution in [-0.4, -0.2) is 51.5 Å². The molecule has 0 amide bonds. The normalized spacial score (nSPS) is 18.2. The van der Waals surface area contributed by atoms with Crippen LogP contribution in [0.1, 0.15) is 5.69 Å². The average molecular weight is 497 g/mol. The number of aromatic nitrogens is 3. The molecule has 2 aromatic heterocycles. The molecule has 1 aliphatic rings. The first-order valence-corrected chi connectivity index (χ1v) is 10.3. The summed E-state index contributed by atoms with van der Waals surface area (Å²) >= 11 is 0. The summed E-state index contributed by atoms with van der Waals surface area (Å²) in [4.78, 5) is 10.6. The van der Waals surface area contributed by atoms with Crippen LogP contribution in [0.4, 0.5) is 26.3 Å². The van der Waals surface area contributed by atoms with Crippen molar-refractivity contribution < 1.29 is 49.5 Å². The van der Waals surface area contributed by atoms with Crippen molar-refractivity contribution in [3.05, 3.63) is 30.1 Å². The first kappa shape index (κ1) is 22.9. The fraction of sp³-hybridized carbons (Fsp3) is 0.333. The van der Waals surface area contributed by atoms with Gasteiger partial charge in [0.05, 0.1) is 40.4 Å². The molecule has 0 saturated heterocycles. The minimum absolute atomic E-state index is 0.0467. The van der Waals surface area contributed by atoms with Gasteiger partial charge in [-0.05, 0) is 0 Å². The Morgan fingerprint density at radius 2 is 2.03 bits per heavy atom. The van der Waals surface area contributed by atoms with Crippen molar-refractivity contribution >= 4 is 21.8 Å². The van der Waals surface area contributed by atoms with Gasteiger partial charge in [-0.15, -0.1) is 0 Å². The number of aromatic amines is 1. The monoisotopic (exact) mass is 497 g/mol. The predicted octanol–water partition coefficient (Wildman–Crippen LogP) is 3.88. The molecule has 0 spiro atoms. The summed E-state index contributed by atoms with van der Waals surface area (Å²) in [5.41, 5.74) is 0.134. The molecule has 2 unspecified atom stereocenters. The molecule has 0 saturated carbocycles. The van der Waals surface area contributed by atoms with Crippen LogP contribution in [0.25, 0.3) is 11.0 Å². The van der Waals surface area contributed by atoms with Crippen molar-refractivity contribution in [2.24, 2.45) is 0 Å².